The Morgan fingerprint density at radius 3 is 3.07 bits per heavy atom. The molecule has 0 radical (unpaired) electrons. The van der Waals surface area contributed by atoms with E-state index in [9.17, 15) is 4.39 Å². The molecular weight excluding hydrogens is 205 g/mol. The van der Waals surface area contributed by atoms with Crippen LogP contribution in [0, 0.1) is 17.1 Å². The predicted octanol–water partition coefficient (Wildman–Crippen LogP) is 2.68. The first-order valence-electron chi connectivity index (χ1n) is 4.28. The number of rotatable bonds is 0. The second-order valence-corrected chi connectivity index (χ2v) is 3.48. The molecule has 2 nitrogen and oxygen atoms in total. The van der Waals surface area contributed by atoms with E-state index in [4.69, 9.17) is 21.6 Å². The van der Waals surface area contributed by atoms with Crippen molar-refractivity contribution < 1.29 is 9.13 Å². The molecule has 0 saturated heterocycles. The van der Waals surface area contributed by atoms with Crippen LogP contribution in [0.5, 0.6) is 5.75 Å². The number of aryl methyl sites for hydroxylation is 1. The van der Waals surface area contributed by atoms with Gasteiger partial charge >= 0.3 is 0 Å². The molecular formula is C10H7ClFNO. The zero-order chi connectivity index (χ0) is 10.1. The molecule has 1 aromatic rings. The van der Waals surface area contributed by atoms with E-state index in [0.29, 0.717) is 12.4 Å². The van der Waals surface area contributed by atoms with Crippen LogP contribution in [0.3, 0.4) is 0 Å². The van der Waals surface area contributed by atoms with Crippen LogP contribution in [0.25, 0.3) is 0 Å². The molecule has 2 rings (SSSR count). The van der Waals surface area contributed by atoms with Gasteiger partial charge in [-0.3, -0.25) is 0 Å². The molecule has 72 valence electrons. The van der Waals surface area contributed by atoms with E-state index in [-0.39, 0.29) is 10.6 Å². The maximum atomic E-state index is 13.2. The van der Waals surface area contributed by atoms with Crippen molar-refractivity contribution in [2.45, 2.75) is 12.8 Å². The Morgan fingerprint density at radius 1 is 1.57 bits per heavy atom. The van der Waals surface area contributed by atoms with Gasteiger partial charge in [-0.1, -0.05) is 11.6 Å². The van der Waals surface area contributed by atoms with Gasteiger partial charge in [0.05, 0.1) is 11.6 Å². The second-order valence-electron chi connectivity index (χ2n) is 3.10. The molecule has 0 saturated carbocycles. The minimum Gasteiger partial charge on any atom is -0.492 e. The Bertz CT molecular complexity index is 425. The van der Waals surface area contributed by atoms with Gasteiger partial charge in [-0.2, -0.15) is 5.26 Å². The number of hydrogen-bond donors (Lipinski definition) is 0. The van der Waals surface area contributed by atoms with Crippen molar-refractivity contribution in [1.82, 2.24) is 0 Å². The van der Waals surface area contributed by atoms with Gasteiger partial charge in [-0.25, -0.2) is 4.39 Å². The van der Waals surface area contributed by atoms with Crippen LogP contribution in [-0.4, -0.2) is 6.61 Å². The molecule has 0 unspecified atom stereocenters. The molecule has 1 aromatic carbocycles. The largest absolute Gasteiger partial charge is 0.492 e. The Kier molecular flexibility index (Phi) is 2.30. The third kappa shape index (κ3) is 1.32. The summed E-state index contributed by atoms with van der Waals surface area (Å²) in [6.45, 7) is 0.559. The summed E-state index contributed by atoms with van der Waals surface area (Å²) in [6.07, 6.45) is 1.58. The van der Waals surface area contributed by atoms with Crippen molar-refractivity contribution in [2.75, 3.05) is 6.61 Å². The number of hydrogen-bond acceptors (Lipinski definition) is 2. The third-order valence-corrected chi connectivity index (χ3v) is 2.57. The summed E-state index contributed by atoms with van der Waals surface area (Å²) in [4.78, 5) is 0. The molecule has 0 atom stereocenters. The summed E-state index contributed by atoms with van der Waals surface area (Å²) in [5.74, 6) is -0.0994. The average molecular weight is 212 g/mol. The Labute approximate surface area is 85.9 Å². The van der Waals surface area contributed by atoms with Crippen LogP contribution in [0.4, 0.5) is 4.39 Å². The van der Waals surface area contributed by atoms with Crippen LogP contribution < -0.4 is 4.74 Å². The minimum absolute atomic E-state index is 0.112. The summed E-state index contributed by atoms with van der Waals surface area (Å²) < 4.78 is 18.5. The predicted molar refractivity (Wildman–Crippen MR) is 49.9 cm³/mol. The average Bonchev–Trinajstić information content (AvgIpc) is 2.20. The van der Waals surface area contributed by atoms with E-state index in [1.165, 1.54) is 6.07 Å². The van der Waals surface area contributed by atoms with Gasteiger partial charge < -0.3 is 4.74 Å². The van der Waals surface area contributed by atoms with Gasteiger partial charge in [0.2, 0.25) is 0 Å². The Morgan fingerprint density at radius 2 is 2.36 bits per heavy atom. The number of nitrogens with zero attached hydrogens (tertiary/aromatic N) is 1. The first-order chi connectivity index (χ1) is 6.74. The van der Waals surface area contributed by atoms with Crippen molar-refractivity contribution in [3.05, 3.63) is 28.0 Å². The van der Waals surface area contributed by atoms with E-state index in [1.54, 1.807) is 0 Å². The Balaban J connectivity index is 2.67. The molecule has 1 heterocycles. The minimum atomic E-state index is -0.549. The number of fused-ring (bicyclic) bond motifs is 1. The van der Waals surface area contributed by atoms with Gasteiger partial charge in [0, 0.05) is 0 Å². The number of benzene rings is 1. The van der Waals surface area contributed by atoms with Gasteiger partial charge in [0.25, 0.3) is 0 Å². The molecule has 0 fully saturated rings. The zero-order valence-corrected chi connectivity index (χ0v) is 8.07. The quantitative estimate of drug-likeness (QED) is 0.661. The van der Waals surface area contributed by atoms with Gasteiger partial charge in [0.15, 0.2) is 0 Å². The smallest absolute Gasteiger partial charge is 0.143 e. The summed E-state index contributed by atoms with van der Waals surface area (Å²) in [5.41, 5.74) is 0.844. The maximum absolute atomic E-state index is 13.2. The van der Waals surface area contributed by atoms with Crippen molar-refractivity contribution in [3.8, 4) is 11.8 Å². The Hall–Kier alpha value is -1.27. The van der Waals surface area contributed by atoms with Gasteiger partial charge in [-0.15, -0.1) is 0 Å². The summed E-state index contributed by atoms with van der Waals surface area (Å²) >= 11 is 5.65. The standard InChI is InChI=1S/C10H7ClFNO/c11-9-7(5-13)10-6(4-8(9)12)2-1-3-14-10/h4H,1-3H2. The lowest BCUT2D eigenvalue weighted by Crippen LogP contribution is -2.10. The fourth-order valence-electron chi connectivity index (χ4n) is 1.55. The molecule has 0 amide bonds. The lowest BCUT2D eigenvalue weighted by atomic mass is 10.0. The maximum Gasteiger partial charge on any atom is 0.143 e. The van der Waals surface area contributed by atoms with E-state index in [0.717, 1.165) is 18.4 Å². The van der Waals surface area contributed by atoms with Gasteiger partial charge in [-0.05, 0) is 24.5 Å². The fraction of sp³-hybridized carbons (Fsp3) is 0.300. The molecule has 0 aromatic heterocycles. The van der Waals surface area contributed by atoms with Crippen molar-refractivity contribution in [1.29, 1.82) is 5.26 Å². The van der Waals surface area contributed by atoms with Crippen LogP contribution in [0.15, 0.2) is 6.07 Å². The molecule has 0 spiro atoms. The van der Waals surface area contributed by atoms with E-state index >= 15 is 0 Å². The topological polar surface area (TPSA) is 33.0 Å². The highest BCUT2D eigenvalue weighted by atomic mass is 35.5. The first-order valence-corrected chi connectivity index (χ1v) is 4.65. The van der Waals surface area contributed by atoms with Gasteiger partial charge in [0.1, 0.15) is 23.2 Å². The monoisotopic (exact) mass is 211 g/mol. The fourth-order valence-corrected chi connectivity index (χ4v) is 1.73. The van der Waals surface area contributed by atoms with Crippen molar-refractivity contribution >= 4 is 11.6 Å². The lowest BCUT2D eigenvalue weighted by Gasteiger charge is -2.18. The molecule has 4 heteroatoms. The molecule has 14 heavy (non-hydrogen) atoms. The second kappa shape index (κ2) is 3.47. The zero-order valence-electron chi connectivity index (χ0n) is 7.31. The lowest BCUT2D eigenvalue weighted by molar-refractivity contribution is 0.286. The summed E-state index contributed by atoms with van der Waals surface area (Å²) in [5, 5.41) is 8.67. The molecule has 0 N–H and O–H groups in total. The van der Waals surface area contributed by atoms with Crippen LogP contribution >= 0.6 is 11.6 Å². The molecule has 1 aliphatic heterocycles. The van der Waals surface area contributed by atoms with Crippen LogP contribution in [0.1, 0.15) is 17.5 Å². The summed E-state index contributed by atoms with van der Waals surface area (Å²) in [6, 6.07) is 3.21. The molecule has 0 aliphatic carbocycles. The SMILES string of the molecule is N#Cc1c(Cl)c(F)cc2c1OCCC2. The van der Waals surface area contributed by atoms with Crippen molar-refractivity contribution in [3.63, 3.8) is 0 Å². The van der Waals surface area contributed by atoms with Crippen LogP contribution in [-0.2, 0) is 6.42 Å². The highest BCUT2D eigenvalue weighted by Gasteiger charge is 2.20. The number of halogens is 2. The highest BCUT2D eigenvalue weighted by Crippen LogP contribution is 2.35. The van der Waals surface area contributed by atoms with E-state index in [2.05, 4.69) is 0 Å². The highest BCUT2D eigenvalue weighted by molar-refractivity contribution is 6.32. The van der Waals surface area contributed by atoms with E-state index < -0.39 is 5.82 Å². The van der Waals surface area contributed by atoms with Crippen molar-refractivity contribution in [2.24, 2.45) is 0 Å². The first kappa shape index (κ1) is 9.29. The third-order valence-electron chi connectivity index (χ3n) is 2.20. The van der Waals surface area contributed by atoms with E-state index in [1.807, 2.05) is 6.07 Å². The molecule has 1 aliphatic rings. The normalized spacial score (nSPS) is 14.1. The number of nitriles is 1. The number of ether oxygens (including phenoxy) is 1. The molecule has 0 bridgehead atoms. The van der Waals surface area contributed by atoms with Crippen LogP contribution in [0.2, 0.25) is 5.02 Å². The summed E-state index contributed by atoms with van der Waals surface area (Å²) in [7, 11) is 0.